The highest BCUT2D eigenvalue weighted by Crippen LogP contribution is 2.41. The summed E-state index contributed by atoms with van der Waals surface area (Å²) in [6.07, 6.45) is 1.51. The number of benzene rings is 2. The number of nitrogens with zero attached hydrogens (tertiary/aromatic N) is 2. The molecule has 0 radical (unpaired) electrons. The summed E-state index contributed by atoms with van der Waals surface area (Å²) in [4.78, 5) is 9.57. The molecule has 2 aromatic carbocycles. The average molecular weight is 383 g/mol. The van der Waals surface area contributed by atoms with E-state index in [1.807, 2.05) is 36.4 Å². The van der Waals surface area contributed by atoms with Gasteiger partial charge in [-0.2, -0.15) is 0 Å². The van der Waals surface area contributed by atoms with Crippen LogP contribution in [-0.4, -0.2) is 16.8 Å². The molecule has 7 heteroatoms. The maximum Gasteiger partial charge on any atom is 0.231 e. The summed E-state index contributed by atoms with van der Waals surface area (Å²) in [6.45, 7) is 0.224. The molecular weight excluding hydrogens is 372 g/mol. The van der Waals surface area contributed by atoms with Crippen molar-refractivity contribution in [2.75, 3.05) is 6.79 Å². The number of fused-ring (bicyclic) bond motifs is 2. The fraction of sp³-hybridized carbons (Fsp3) is 0.0526. The molecule has 0 fully saturated rings. The number of aromatic nitrogens is 2. The van der Waals surface area contributed by atoms with Gasteiger partial charge in [0.2, 0.25) is 12.7 Å². The minimum atomic E-state index is 0.224. The van der Waals surface area contributed by atoms with E-state index in [0.717, 1.165) is 21.3 Å². The minimum absolute atomic E-state index is 0.224. The van der Waals surface area contributed by atoms with Crippen molar-refractivity contribution in [1.29, 1.82) is 0 Å². The molecule has 0 bridgehead atoms. The van der Waals surface area contributed by atoms with Crippen LogP contribution >= 0.6 is 22.9 Å². The third-order valence-corrected chi connectivity index (χ3v) is 5.19. The Bertz CT molecular complexity index is 1110. The van der Waals surface area contributed by atoms with E-state index >= 15 is 0 Å². The predicted molar refractivity (Wildman–Crippen MR) is 101 cm³/mol. The highest BCUT2D eigenvalue weighted by molar-refractivity contribution is 7.17. The van der Waals surface area contributed by atoms with Gasteiger partial charge in [-0.15, -0.1) is 11.3 Å². The van der Waals surface area contributed by atoms with E-state index in [1.165, 1.54) is 6.33 Å². The summed E-state index contributed by atoms with van der Waals surface area (Å²) in [5.74, 6) is 2.50. The number of halogens is 1. The highest BCUT2D eigenvalue weighted by atomic mass is 35.5. The van der Waals surface area contributed by atoms with Gasteiger partial charge >= 0.3 is 0 Å². The Kier molecular flexibility index (Phi) is 3.65. The van der Waals surface area contributed by atoms with Crippen LogP contribution in [0, 0.1) is 0 Å². The van der Waals surface area contributed by atoms with Gasteiger partial charge < -0.3 is 14.2 Å². The van der Waals surface area contributed by atoms with Gasteiger partial charge in [-0.1, -0.05) is 23.7 Å². The van der Waals surface area contributed by atoms with E-state index in [2.05, 4.69) is 15.3 Å². The molecule has 5 rings (SSSR count). The fourth-order valence-corrected chi connectivity index (χ4v) is 3.85. The first-order valence-corrected chi connectivity index (χ1v) is 9.09. The number of rotatable bonds is 3. The number of thiophene rings is 1. The molecule has 4 aromatic rings. The molecule has 2 aromatic heterocycles. The van der Waals surface area contributed by atoms with Crippen LogP contribution in [0.4, 0.5) is 0 Å². The summed E-state index contributed by atoms with van der Waals surface area (Å²) in [7, 11) is 0. The van der Waals surface area contributed by atoms with E-state index in [9.17, 15) is 0 Å². The SMILES string of the molecule is Clc1ccc(-c2csc3ncnc(Oc4ccc5c(c4)OCO5)c23)cc1. The molecule has 0 amide bonds. The Balaban J connectivity index is 1.59. The normalized spacial score (nSPS) is 12.5. The first-order valence-electron chi connectivity index (χ1n) is 7.83. The summed E-state index contributed by atoms with van der Waals surface area (Å²) in [5.41, 5.74) is 2.05. The summed E-state index contributed by atoms with van der Waals surface area (Å²) >= 11 is 7.56. The lowest BCUT2D eigenvalue weighted by Gasteiger charge is -2.08. The molecule has 0 aliphatic carbocycles. The molecule has 0 N–H and O–H groups in total. The van der Waals surface area contributed by atoms with Gasteiger partial charge in [0.25, 0.3) is 0 Å². The van der Waals surface area contributed by atoms with Crippen LogP contribution in [-0.2, 0) is 0 Å². The molecule has 0 spiro atoms. The van der Waals surface area contributed by atoms with Crippen molar-refractivity contribution >= 4 is 33.2 Å². The smallest absolute Gasteiger partial charge is 0.231 e. The average Bonchev–Trinajstić information content (AvgIpc) is 3.29. The molecule has 128 valence electrons. The van der Waals surface area contributed by atoms with Crippen molar-refractivity contribution in [2.24, 2.45) is 0 Å². The molecule has 26 heavy (non-hydrogen) atoms. The van der Waals surface area contributed by atoms with Gasteiger partial charge in [-0.05, 0) is 29.8 Å². The number of hydrogen-bond donors (Lipinski definition) is 0. The Morgan fingerprint density at radius 2 is 1.85 bits per heavy atom. The monoisotopic (exact) mass is 382 g/mol. The molecule has 1 aliphatic rings. The molecule has 0 saturated carbocycles. The zero-order chi connectivity index (χ0) is 17.5. The standard InChI is InChI=1S/C19H11ClN2O3S/c20-12-3-1-11(2-4-12)14-8-26-19-17(14)18(21-9-22-19)25-13-5-6-15-16(7-13)24-10-23-15/h1-9H,10H2. The van der Waals surface area contributed by atoms with Crippen molar-refractivity contribution in [1.82, 2.24) is 9.97 Å². The summed E-state index contributed by atoms with van der Waals surface area (Å²) < 4.78 is 16.8. The largest absolute Gasteiger partial charge is 0.454 e. The van der Waals surface area contributed by atoms with E-state index in [1.54, 1.807) is 17.4 Å². The zero-order valence-electron chi connectivity index (χ0n) is 13.3. The number of ether oxygens (including phenoxy) is 3. The lowest BCUT2D eigenvalue weighted by Crippen LogP contribution is -1.93. The quantitative estimate of drug-likeness (QED) is 0.466. The topological polar surface area (TPSA) is 53.5 Å². The van der Waals surface area contributed by atoms with E-state index < -0.39 is 0 Å². The van der Waals surface area contributed by atoms with Crippen molar-refractivity contribution in [3.8, 4) is 34.3 Å². The first-order chi connectivity index (χ1) is 12.8. The van der Waals surface area contributed by atoms with Crippen LogP contribution < -0.4 is 14.2 Å². The molecule has 5 nitrogen and oxygen atoms in total. The maximum absolute atomic E-state index is 6.06. The van der Waals surface area contributed by atoms with E-state index in [0.29, 0.717) is 28.2 Å². The maximum atomic E-state index is 6.06. The second kappa shape index (κ2) is 6.16. The lowest BCUT2D eigenvalue weighted by atomic mass is 10.1. The summed E-state index contributed by atoms with van der Waals surface area (Å²) in [6, 6.07) is 13.1. The van der Waals surface area contributed by atoms with Crippen molar-refractivity contribution in [3.05, 3.63) is 59.2 Å². The second-order valence-corrected chi connectivity index (χ2v) is 6.93. The van der Waals surface area contributed by atoms with Crippen molar-refractivity contribution in [3.63, 3.8) is 0 Å². The van der Waals surface area contributed by atoms with Crippen LogP contribution in [0.15, 0.2) is 54.2 Å². The van der Waals surface area contributed by atoms with Crippen LogP contribution in [0.3, 0.4) is 0 Å². The Hall–Kier alpha value is -2.83. The number of hydrogen-bond acceptors (Lipinski definition) is 6. The second-order valence-electron chi connectivity index (χ2n) is 5.63. The molecule has 0 atom stereocenters. The van der Waals surface area contributed by atoms with Gasteiger partial charge in [-0.25, -0.2) is 9.97 Å². The van der Waals surface area contributed by atoms with E-state index in [-0.39, 0.29) is 6.79 Å². The third-order valence-electron chi connectivity index (χ3n) is 4.05. The van der Waals surface area contributed by atoms with Crippen LogP contribution in [0.25, 0.3) is 21.3 Å². The molecule has 1 aliphatic heterocycles. The van der Waals surface area contributed by atoms with Crippen LogP contribution in [0.5, 0.6) is 23.1 Å². The molecule has 0 saturated heterocycles. The van der Waals surface area contributed by atoms with Gasteiger partial charge in [0, 0.05) is 22.0 Å². The predicted octanol–water partition coefficient (Wildman–Crippen LogP) is 5.53. The third kappa shape index (κ3) is 2.64. The van der Waals surface area contributed by atoms with Gasteiger partial charge in [0.1, 0.15) is 16.9 Å². The van der Waals surface area contributed by atoms with Crippen LogP contribution in [0.1, 0.15) is 0 Å². The first kappa shape index (κ1) is 15.4. The highest BCUT2D eigenvalue weighted by Gasteiger charge is 2.17. The minimum Gasteiger partial charge on any atom is -0.454 e. The molecule has 0 unspecified atom stereocenters. The molecular formula is C19H11ClN2O3S. The Morgan fingerprint density at radius 1 is 1.00 bits per heavy atom. The van der Waals surface area contributed by atoms with Crippen LogP contribution in [0.2, 0.25) is 5.02 Å². The van der Waals surface area contributed by atoms with E-state index in [4.69, 9.17) is 25.8 Å². The van der Waals surface area contributed by atoms with Gasteiger partial charge in [0.15, 0.2) is 11.5 Å². The van der Waals surface area contributed by atoms with Gasteiger partial charge in [-0.3, -0.25) is 0 Å². The van der Waals surface area contributed by atoms with Gasteiger partial charge in [0.05, 0.1) is 5.39 Å². The van der Waals surface area contributed by atoms with Crippen molar-refractivity contribution < 1.29 is 14.2 Å². The van der Waals surface area contributed by atoms with Crippen molar-refractivity contribution in [2.45, 2.75) is 0 Å². The Morgan fingerprint density at radius 3 is 2.73 bits per heavy atom. The lowest BCUT2D eigenvalue weighted by molar-refractivity contribution is 0.174. The summed E-state index contributed by atoms with van der Waals surface area (Å²) in [5, 5.41) is 3.62. The zero-order valence-corrected chi connectivity index (χ0v) is 14.9. The fourth-order valence-electron chi connectivity index (χ4n) is 2.82. The molecule has 3 heterocycles. The Labute approximate surface area is 157 Å².